The maximum Gasteiger partial charge on any atom is 0.416 e. The molecule has 3 rings (SSSR count). The van der Waals surface area contributed by atoms with Crippen LogP contribution in [0.1, 0.15) is 16.7 Å². The summed E-state index contributed by atoms with van der Waals surface area (Å²) in [5.41, 5.74) is 4.74. The molecule has 124 valence electrons. The van der Waals surface area contributed by atoms with E-state index in [4.69, 9.17) is 0 Å². The Bertz CT molecular complexity index is 891. The number of hydrogen-bond acceptors (Lipinski definition) is 1. The molecule has 3 aromatic rings. The maximum atomic E-state index is 12.5. The second-order valence-corrected chi connectivity index (χ2v) is 5.09. The Kier molecular flexibility index (Phi) is 4.66. The van der Waals surface area contributed by atoms with E-state index in [2.05, 4.69) is 22.3 Å². The third-order valence-corrected chi connectivity index (χ3v) is 3.23. The van der Waals surface area contributed by atoms with E-state index >= 15 is 0 Å². The fourth-order valence-corrected chi connectivity index (χ4v) is 1.98. The lowest BCUT2D eigenvalue weighted by Crippen LogP contribution is -2.26. The van der Waals surface area contributed by atoms with Gasteiger partial charge in [0.2, 0.25) is 0 Å². The van der Waals surface area contributed by atoms with Gasteiger partial charge in [0.15, 0.2) is 12.4 Å². The van der Waals surface area contributed by atoms with E-state index in [9.17, 15) is 13.2 Å². The highest BCUT2D eigenvalue weighted by Crippen LogP contribution is 2.28. The molecule has 0 aliphatic heterocycles. The Hall–Kier alpha value is -3.33. The maximum absolute atomic E-state index is 12.5. The second kappa shape index (κ2) is 7.05. The number of rotatable bonds is 2. The molecule has 0 unspecified atom stereocenters. The predicted molar refractivity (Wildman–Crippen MR) is 86.7 cm³/mol. The number of aromatic nitrogens is 2. The Labute approximate surface area is 142 Å². The molecule has 0 amide bonds. The number of nitrogens with zero attached hydrogens (tertiary/aromatic N) is 3. The van der Waals surface area contributed by atoms with Crippen molar-refractivity contribution in [1.29, 1.82) is 0 Å². The number of benzene rings is 1. The summed E-state index contributed by atoms with van der Waals surface area (Å²) < 4.78 is 39.2. The highest BCUT2D eigenvalue weighted by atomic mass is 19.4. The number of alkyl halides is 3. The van der Waals surface area contributed by atoms with Crippen LogP contribution in [0, 0.1) is 11.8 Å². The highest BCUT2D eigenvalue weighted by Gasteiger charge is 2.29. The molecule has 0 saturated carbocycles. The van der Waals surface area contributed by atoms with Gasteiger partial charge in [0.1, 0.15) is 0 Å². The molecular formula is C19H12F3N3. The van der Waals surface area contributed by atoms with Crippen molar-refractivity contribution in [3.05, 3.63) is 95.3 Å². The van der Waals surface area contributed by atoms with Crippen molar-refractivity contribution in [2.75, 3.05) is 0 Å². The van der Waals surface area contributed by atoms with Crippen LogP contribution in [-0.2, 0) is 6.18 Å². The Balaban J connectivity index is 1.69. The van der Waals surface area contributed by atoms with E-state index in [1.807, 2.05) is 18.2 Å². The van der Waals surface area contributed by atoms with Crippen LogP contribution in [0.3, 0.4) is 0 Å². The Morgan fingerprint density at radius 3 is 2.08 bits per heavy atom. The second-order valence-electron chi connectivity index (χ2n) is 5.09. The lowest BCUT2D eigenvalue weighted by atomic mass is 10.1. The summed E-state index contributed by atoms with van der Waals surface area (Å²) in [6.07, 6.45) is 0.811. The molecule has 2 heterocycles. The molecule has 0 N–H and O–H groups in total. The summed E-state index contributed by atoms with van der Waals surface area (Å²) >= 11 is 0. The largest absolute Gasteiger partial charge is 0.437 e. The van der Waals surface area contributed by atoms with Crippen molar-refractivity contribution >= 4 is 5.82 Å². The van der Waals surface area contributed by atoms with Gasteiger partial charge in [-0.2, -0.15) is 23.3 Å². The molecule has 0 fully saturated rings. The first kappa shape index (κ1) is 16.5. The number of hydrogen-bond donors (Lipinski definition) is 0. The van der Waals surface area contributed by atoms with Crippen LogP contribution in [0.5, 0.6) is 0 Å². The van der Waals surface area contributed by atoms with Gasteiger partial charge in [-0.3, -0.25) is 0 Å². The fraction of sp³-hybridized carbons (Fsp3) is 0.0526. The van der Waals surface area contributed by atoms with Gasteiger partial charge in [0, 0.05) is 29.1 Å². The summed E-state index contributed by atoms with van der Waals surface area (Å²) in [7, 11) is 0. The average Bonchev–Trinajstić information content (AvgIpc) is 2.62. The van der Waals surface area contributed by atoms with Gasteiger partial charge in [-0.1, -0.05) is 30.2 Å². The summed E-state index contributed by atoms with van der Waals surface area (Å²) in [6.45, 7) is 0. The topological polar surface area (TPSA) is 30.9 Å². The molecule has 3 nitrogen and oxygen atoms in total. The van der Waals surface area contributed by atoms with Gasteiger partial charge >= 0.3 is 6.18 Å². The van der Waals surface area contributed by atoms with E-state index in [1.54, 1.807) is 35.4 Å². The summed E-state index contributed by atoms with van der Waals surface area (Å²) in [5, 5.41) is 0. The van der Waals surface area contributed by atoms with E-state index in [0.29, 0.717) is 16.9 Å². The van der Waals surface area contributed by atoms with Crippen molar-refractivity contribution in [2.24, 2.45) is 0 Å². The molecule has 2 aromatic heterocycles. The van der Waals surface area contributed by atoms with Gasteiger partial charge in [-0.25, -0.2) is 0 Å². The van der Waals surface area contributed by atoms with Gasteiger partial charge in [-0.05, 0) is 30.3 Å². The number of pyridine rings is 2. The van der Waals surface area contributed by atoms with Crippen molar-refractivity contribution in [3.63, 3.8) is 0 Å². The molecule has 0 spiro atoms. The Morgan fingerprint density at radius 1 is 0.840 bits per heavy atom. The minimum atomic E-state index is -4.34. The van der Waals surface area contributed by atoms with E-state index in [-0.39, 0.29) is 0 Å². The Morgan fingerprint density at radius 2 is 1.48 bits per heavy atom. The fourth-order valence-electron chi connectivity index (χ4n) is 1.98. The molecule has 0 bridgehead atoms. The molecule has 0 atom stereocenters. The molecule has 0 aliphatic carbocycles. The van der Waals surface area contributed by atoms with Crippen LogP contribution in [0.4, 0.5) is 19.0 Å². The molecule has 6 heteroatoms. The van der Waals surface area contributed by atoms with Crippen LogP contribution in [0.25, 0.3) is 5.43 Å². The monoisotopic (exact) mass is 339 g/mol. The quantitative estimate of drug-likeness (QED) is 0.507. The molecular weight excluding hydrogens is 327 g/mol. The van der Waals surface area contributed by atoms with Crippen LogP contribution in [0.2, 0.25) is 0 Å². The summed E-state index contributed by atoms with van der Waals surface area (Å²) in [4.78, 5) is 4.19. The third-order valence-electron chi connectivity index (χ3n) is 3.23. The molecule has 0 saturated heterocycles. The smallest absolute Gasteiger partial charge is 0.416 e. The zero-order chi connectivity index (χ0) is 17.7. The minimum absolute atomic E-state index is 0.501. The lowest BCUT2D eigenvalue weighted by Gasteiger charge is -2.07. The van der Waals surface area contributed by atoms with Crippen molar-refractivity contribution < 1.29 is 17.8 Å². The summed E-state index contributed by atoms with van der Waals surface area (Å²) in [5.74, 6) is 6.21. The van der Waals surface area contributed by atoms with Gasteiger partial charge < -0.3 is 4.98 Å². The standard InChI is InChI=1S/C19H12F3N3/c20-19(21,22)17-9-6-15(7-10-17)4-5-16-8-11-18(23-14-16)24-25-12-2-1-3-13-25/h1-3,6-14H. The van der Waals surface area contributed by atoms with Crippen molar-refractivity contribution in [1.82, 2.24) is 4.98 Å². The molecule has 0 aliphatic rings. The first-order valence-electron chi connectivity index (χ1n) is 7.34. The van der Waals surface area contributed by atoms with Crippen molar-refractivity contribution in [2.45, 2.75) is 6.18 Å². The molecule has 0 radical (unpaired) electrons. The van der Waals surface area contributed by atoms with E-state index < -0.39 is 11.7 Å². The van der Waals surface area contributed by atoms with E-state index in [0.717, 1.165) is 12.1 Å². The summed E-state index contributed by atoms with van der Waals surface area (Å²) in [6, 6.07) is 13.8. The average molecular weight is 339 g/mol. The van der Waals surface area contributed by atoms with Crippen LogP contribution < -0.4 is 4.68 Å². The SMILES string of the molecule is FC(F)(F)c1ccc(C#Cc2ccc([N-][n+]3ccccc3)nc2)cc1. The van der Waals surface area contributed by atoms with Gasteiger partial charge in [0.05, 0.1) is 5.56 Å². The lowest BCUT2D eigenvalue weighted by molar-refractivity contribution is -0.619. The predicted octanol–water partition coefficient (Wildman–Crippen LogP) is 4.26. The minimum Gasteiger partial charge on any atom is -0.437 e. The van der Waals surface area contributed by atoms with E-state index in [1.165, 1.54) is 12.1 Å². The van der Waals surface area contributed by atoms with Gasteiger partial charge in [0.25, 0.3) is 0 Å². The van der Waals surface area contributed by atoms with Gasteiger partial charge in [-0.15, -0.1) is 0 Å². The first-order valence-corrected chi connectivity index (χ1v) is 7.34. The first-order chi connectivity index (χ1) is 12.0. The zero-order valence-electron chi connectivity index (χ0n) is 12.9. The molecule has 25 heavy (non-hydrogen) atoms. The van der Waals surface area contributed by atoms with Crippen molar-refractivity contribution in [3.8, 4) is 11.8 Å². The normalized spacial score (nSPS) is 10.7. The zero-order valence-corrected chi connectivity index (χ0v) is 12.9. The van der Waals surface area contributed by atoms with Crippen LogP contribution in [-0.4, -0.2) is 4.98 Å². The third kappa shape index (κ3) is 4.58. The highest BCUT2D eigenvalue weighted by molar-refractivity contribution is 5.46. The molecule has 1 aromatic carbocycles. The number of halogens is 3. The van der Waals surface area contributed by atoms with Crippen LogP contribution in [0.15, 0.2) is 73.2 Å². The van der Waals surface area contributed by atoms with Crippen LogP contribution >= 0.6 is 0 Å².